The van der Waals surface area contributed by atoms with Gasteiger partial charge in [-0.25, -0.2) is 0 Å². The van der Waals surface area contributed by atoms with Gasteiger partial charge < -0.3 is 4.74 Å². The van der Waals surface area contributed by atoms with Crippen LogP contribution in [0.15, 0.2) is 27.1 Å². The molecule has 0 saturated carbocycles. The van der Waals surface area contributed by atoms with Crippen LogP contribution in [-0.4, -0.2) is 29.6 Å². The number of hydrogen-bond donors (Lipinski definition) is 0. The number of ether oxygens (including phenoxy) is 1. The van der Waals surface area contributed by atoms with Gasteiger partial charge in [0.1, 0.15) is 10.8 Å². The number of benzene rings is 1. The van der Waals surface area contributed by atoms with E-state index < -0.39 is 0 Å². The summed E-state index contributed by atoms with van der Waals surface area (Å²) in [7, 11) is 1.74. The van der Waals surface area contributed by atoms with Crippen molar-refractivity contribution in [3.63, 3.8) is 0 Å². The Morgan fingerprint density at radius 3 is 2.74 bits per heavy atom. The van der Waals surface area contributed by atoms with E-state index in [1.807, 2.05) is 32.0 Å². The molecule has 0 aliphatic rings. The molecule has 6 heteroatoms. The number of aromatic nitrogens is 2. The van der Waals surface area contributed by atoms with E-state index in [2.05, 4.69) is 31.1 Å². The van der Waals surface area contributed by atoms with Crippen molar-refractivity contribution in [2.24, 2.45) is 4.99 Å². The SMILES string of the molecule is CN=Cc1cc(-c2nnc(Br)s2)ccc1OC(C)C. The normalized spacial score (nSPS) is 11.4. The Morgan fingerprint density at radius 1 is 1.37 bits per heavy atom. The molecule has 19 heavy (non-hydrogen) atoms. The second-order valence-electron chi connectivity index (χ2n) is 4.17. The molecular formula is C13H14BrN3OS. The first-order valence-corrected chi connectivity index (χ1v) is 7.43. The zero-order chi connectivity index (χ0) is 13.8. The third-order valence-electron chi connectivity index (χ3n) is 2.29. The van der Waals surface area contributed by atoms with Crippen molar-refractivity contribution in [3.05, 3.63) is 27.7 Å². The van der Waals surface area contributed by atoms with Gasteiger partial charge in [0.2, 0.25) is 0 Å². The number of hydrogen-bond acceptors (Lipinski definition) is 5. The van der Waals surface area contributed by atoms with E-state index in [-0.39, 0.29) is 6.10 Å². The molecule has 2 rings (SSSR count). The first-order valence-electron chi connectivity index (χ1n) is 5.82. The van der Waals surface area contributed by atoms with Crippen LogP contribution in [-0.2, 0) is 0 Å². The van der Waals surface area contributed by atoms with Crippen molar-refractivity contribution in [1.29, 1.82) is 0 Å². The summed E-state index contributed by atoms with van der Waals surface area (Å²) in [6, 6.07) is 5.94. The molecule has 1 aromatic heterocycles. The van der Waals surface area contributed by atoms with Gasteiger partial charge in [0.25, 0.3) is 0 Å². The molecule has 0 bridgehead atoms. The fraction of sp³-hybridized carbons (Fsp3) is 0.308. The number of rotatable bonds is 4. The summed E-state index contributed by atoms with van der Waals surface area (Å²) in [6.45, 7) is 4.01. The number of aliphatic imine (C=N–C) groups is 1. The van der Waals surface area contributed by atoms with Crippen LogP contribution in [0.25, 0.3) is 10.6 Å². The maximum atomic E-state index is 5.76. The van der Waals surface area contributed by atoms with Gasteiger partial charge in [-0.3, -0.25) is 4.99 Å². The summed E-state index contributed by atoms with van der Waals surface area (Å²) >= 11 is 4.82. The van der Waals surface area contributed by atoms with Crippen molar-refractivity contribution in [2.45, 2.75) is 20.0 Å². The lowest BCUT2D eigenvalue weighted by molar-refractivity contribution is 0.242. The van der Waals surface area contributed by atoms with E-state index in [9.17, 15) is 0 Å². The lowest BCUT2D eigenvalue weighted by atomic mass is 10.1. The number of halogens is 1. The first kappa shape index (κ1) is 14.1. The average Bonchev–Trinajstić information content (AvgIpc) is 2.78. The molecule has 0 aliphatic carbocycles. The van der Waals surface area contributed by atoms with Gasteiger partial charge in [0, 0.05) is 24.4 Å². The highest BCUT2D eigenvalue weighted by molar-refractivity contribution is 9.11. The van der Waals surface area contributed by atoms with Crippen molar-refractivity contribution < 1.29 is 4.74 Å². The molecule has 1 aromatic carbocycles. The van der Waals surface area contributed by atoms with Crippen molar-refractivity contribution >= 4 is 33.5 Å². The van der Waals surface area contributed by atoms with E-state index >= 15 is 0 Å². The van der Waals surface area contributed by atoms with Crippen molar-refractivity contribution in [2.75, 3.05) is 7.05 Å². The molecule has 0 amide bonds. The Hall–Kier alpha value is -1.27. The van der Waals surface area contributed by atoms with Crippen LogP contribution in [0.1, 0.15) is 19.4 Å². The van der Waals surface area contributed by atoms with Crippen molar-refractivity contribution in [1.82, 2.24) is 10.2 Å². The topological polar surface area (TPSA) is 47.4 Å². The molecule has 0 atom stereocenters. The summed E-state index contributed by atoms with van der Waals surface area (Å²) in [5.74, 6) is 0.827. The monoisotopic (exact) mass is 339 g/mol. The zero-order valence-corrected chi connectivity index (χ0v) is 13.3. The maximum Gasteiger partial charge on any atom is 0.183 e. The Labute approximate surface area is 124 Å². The number of nitrogens with zero attached hydrogens (tertiary/aromatic N) is 3. The smallest absolute Gasteiger partial charge is 0.183 e. The molecule has 0 unspecified atom stereocenters. The van der Waals surface area contributed by atoms with Gasteiger partial charge in [0.15, 0.2) is 3.92 Å². The van der Waals surface area contributed by atoms with Gasteiger partial charge in [-0.1, -0.05) is 11.3 Å². The molecular weight excluding hydrogens is 326 g/mol. The molecule has 0 fully saturated rings. The fourth-order valence-corrected chi connectivity index (χ4v) is 2.71. The summed E-state index contributed by atoms with van der Waals surface area (Å²) < 4.78 is 6.53. The van der Waals surface area contributed by atoms with E-state index in [4.69, 9.17) is 4.74 Å². The summed E-state index contributed by atoms with van der Waals surface area (Å²) in [4.78, 5) is 4.07. The minimum atomic E-state index is 0.130. The van der Waals surface area contributed by atoms with Gasteiger partial charge >= 0.3 is 0 Å². The minimum absolute atomic E-state index is 0.130. The zero-order valence-electron chi connectivity index (χ0n) is 10.9. The van der Waals surface area contributed by atoms with E-state index in [0.717, 1.165) is 25.8 Å². The largest absolute Gasteiger partial charge is 0.490 e. The predicted molar refractivity (Wildman–Crippen MR) is 82.3 cm³/mol. The van der Waals surface area contributed by atoms with Crippen LogP contribution in [0.2, 0.25) is 0 Å². The van der Waals surface area contributed by atoms with Gasteiger partial charge in [-0.15, -0.1) is 10.2 Å². The predicted octanol–water partition coefficient (Wildman–Crippen LogP) is 3.80. The Bertz CT molecular complexity index is 595. The average molecular weight is 340 g/mol. The second kappa shape index (κ2) is 6.25. The van der Waals surface area contributed by atoms with E-state index in [1.165, 1.54) is 11.3 Å². The molecule has 0 spiro atoms. The highest BCUT2D eigenvalue weighted by Gasteiger charge is 2.09. The minimum Gasteiger partial charge on any atom is -0.490 e. The molecule has 0 saturated heterocycles. The second-order valence-corrected chi connectivity index (χ2v) is 6.42. The molecule has 0 N–H and O–H groups in total. The third-order valence-corrected chi connectivity index (χ3v) is 3.69. The van der Waals surface area contributed by atoms with Crippen LogP contribution in [0.4, 0.5) is 0 Å². The molecule has 100 valence electrons. The maximum absolute atomic E-state index is 5.76. The summed E-state index contributed by atoms with van der Waals surface area (Å²) in [5, 5.41) is 8.94. The summed E-state index contributed by atoms with van der Waals surface area (Å²) in [5.41, 5.74) is 1.95. The Balaban J connectivity index is 2.41. The molecule has 1 heterocycles. The van der Waals surface area contributed by atoms with Crippen molar-refractivity contribution in [3.8, 4) is 16.3 Å². The quantitative estimate of drug-likeness (QED) is 0.796. The molecule has 0 aliphatic heterocycles. The van der Waals surface area contributed by atoms with Crippen LogP contribution in [0.3, 0.4) is 0 Å². The highest BCUT2D eigenvalue weighted by atomic mass is 79.9. The standard InChI is InChI=1S/C13H14BrN3OS/c1-8(2)18-11-5-4-9(6-10(11)7-15-3)12-16-17-13(14)19-12/h4-8H,1-3H3. The molecule has 2 aromatic rings. The Kier molecular flexibility index (Phi) is 4.66. The van der Waals surface area contributed by atoms with E-state index in [1.54, 1.807) is 13.3 Å². The molecule has 0 radical (unpaired) electrons. The summed E-state index contributed by atoms with van der Waals surface area (Å²) in [6.07, 6.45) is 1.92. The lowest BCUT2D eigenvalue weighted by Gasteiger charge is -2.12. The van der Waals surface area contributed by atoms with Gasteiger partial charge in [0.05, 0.1) is 6.10 Å². The lowest BCUT2D eigenvalue weighted by Crippen LogP contribution is -2.07. The third kappa shape index (κ3) is 3.61. The first-order chi connectivity index (χ1) is 9.10. The molecule has 4 nitrogen and oxygen atoms in total. The van der Waals surface area contributed by atoms with Crippen LogP contribution >= 0.6 is 27.3 Å². The fourth-order valence-electron chi connectivity index (χ4n) is 1.60. The van der Waals surface area contributed by atoms with Crippen LogP contribution in [0.5, 0.6) is 5.75 Å². The van der Waals surface area contributed by atoms with Crippen LogP contribution < -0.4 is 4.74 Å². The van der Waals surface area contributed by atoms with Gasteiger partial charge in [-0.05, 0) is 48.0 Å². The van der Waals surface area contributed by atoms with Crippen LogP contribution in [0, 0.1) is 0 Å². The van der Waals surface area contributed by atoms with Gasteiger partial charge in [-0.2, -0.15) is 0 Å². The van der Waals surface area contributed by atoms with E-state index in [0.29, 0.717) is 0 Å². The Morgan fingerprint density at radius 2 is 2.16 bits per heavy atom. The highest BCUT2D eigenvalue weighted by Crippen LogP contribution is 2.30.